The van der Waals surface area contributed by atoms with Crippen molar-refractivity contribution < 1.29 is 13.7 Å². The first-order chi connectivity index (χ1) is 14.7. The van der Waals surface area contributed by atoms with Crippen LogP contribution in [0, 0.1) is 0 Å². The molecule has 4 aromatic rings. The van der Waals surface area contributed by atoms with E-state index in [1.165, 1.54) is 4.68 Å². The Morgan fingerprint density at radius 1 is 1.13 bits per heavy atom. The van der Waals surface area contributed by atoms with E-state index in [1.807, 2.05) is 30.3 Å². The summed E-state index contributed by atoms with van der Waals surface area (Å²) in [5, 5.41) is 11.0. The number of rotatable bonds is 7. The largest absolute Gasteiger partial charge is 0.461 e. The third-order valence-electron chi connectivity index (χ3n) is 4.93. The molecule has 1 aliphatic carbocycles. The van der Waals surface area contributed by atoms with Crippen LogP contribution >= 0.6 is 0 Å². The van der Waals surface area contributed by atoms with E-state index in [0.29, 0.717) is 17.3 Å². The number of aromatic nitrogens is 4. The predicted octanol–water partition coefficient (Wildman–Crippen LogP) is 2.72. The van der Waals surface area contributed by atoms with Crippen LogP contribution in [0.5, 0.6) is 0 Å². The first-order valence-corrected chi connectivity index (χ1v) is 9.74. The number of nitrogens with zero attached hydrogens (tertiary/aromatic N) is 4. The molecule has 3 heterocycles. The summed E-state index contributed by atoms with van der Waals surface area (Å²) in [6.45, 7) is 0.465. The number of hydrogen-bond acceptors (Lipinski definition) is 6. The van der Waals surface area contributed by atoms with Gasteiger partial charge in [-0.3, -0.25) is 9.36 Å². The maximum absolute atomic E-state index is 12.8. The van der Waals surface area contributed by atoms with Crippen molar-refractivity contribution in [2.75, 3.05) is 6.54 Å². The van der Waals surface area contributed by atoms with E-state index >= 15 is 0 Å². The first-order valence-electron chi connectivity index (χ1n) is 9.74. The SMILES string of the molecule is O=C(NCCn1nc(-c2ccco2)n(C2CC2)c1=O)c1cc(-c2ccccc2)on1. The highest BCUT2D eigenvalue weighted by Gasteiger charge is 2.31. The molecule has 1 saturated carbocycles. The van der Waals surface area contributed by atoms with Gasteiger partial charge in [0.15, 0.2) is 17.2 Å². The van der Waals surface area contributed by atoms with Gasteiger partial charge in [0, 0.05) is 24.2 Å². The fraction of sp³-hybridized carbons (Fsp3) is 0.238. The highest BCUT2D eigenvalue weighted by molar-refractivity contribution is 5.93. The minimum Gasteiger partial charge on any atom is -0.461 e. The zero-order valence-corrected chi connectivity index (χ0v) is 16.0. The summed E-state index contributed by atoms with van der Waals surface area (Å²) in [6, 6.07) is 14.7. The summed E-state index contributed by atoms with van der Waals surface area (Å²) >= 11 is 0. The van der Waals surface area contributed by atoms with E-state index in [-0.39, 0.29) is 36.4 Å². The van der Waals surface area contributed by atoms with Gasteiger partial charge >= 0.3 is 5.69 Å². The molecule has 0 radical (unpaired) electrons. The number of carbonyl (C=O) groups excluding carboxylic acids is 1. The molecule has 0 atom stereocenters. The normalized spacial score (nSPS) is 13.5. The summed E-state index contributed by atoms with van der Waals surface area (Å²) in [7, 11) is 0. The molecule has 9 nitrogen and oxygen atoms in total. The average molecular weight is 405 g/mol. The van der Waals surface area contributed by atoms with Gasteiger partial charge in [-0.05, 0) is 25.0 Å². The van der Waals surface area contributed by atoms with Gasteiger partial charge in [-0.15, -0.1) is 5.10 Å². The minimum absolute atomic E-state index is 0.160. The molecule has 1 aromatic carbocycles. The molecule has 1 aliphatic rings. The van der Waals surface area contributed by atoms with Gasteiger partial charge < -0.3 is 14.3 Å². The Hall–Kier alpha value is -3.88. The molecule has 0 bridgehead atoms. The monoisotopic (exact) mass is 405 g/mol. The van der Waals surface area contributed by atoms with Crippen molar-refractivity contribution in [3.05, 3.63) is 71.0 Å². The molecule has 1 N–H and O–H groups in total. The van der Waals surface area contributed by atoms with Gasteiger partial charge in [-0.1, -0.05) is 35.5 Å². The van der Waals surface area contributed by atoms with Crippen LogP contribution in [0.1, 0.15) is 29.4 Å². The number of furan rings is 1. The van der Waals surface area contributed by atoms with Crippen LogP contribution in [0.3, 0.4) is 0 Å². The molecule has 0 saturated heterocycles. The van der Waals surface area contributed by atoms with E-state index in [2.05, 4.69) is 15.6 Å². The summed E-state index contributed by atoms with van der Waals surface area (Å²) in [6.07, 6.45) is 3.45. The highest BCUT2D eigenvalue weighted by atomic mass is 16.5. The standard InChI is InChI=1S/C21H19N5O4/c27-20(16-13-18(30-24-16)14-5-2-1-3-6-14)22-10-11-25-21(28)26(15-8-9-15)19(23-25)17-7-4-12-29-17/h1-7,12-13,15H,8-11H2,(H,22,27). The Bertz CT molecular complexity index is 1220. The quantitative estimate of drug-likeness (QED) is 0.506. The lowest BCUT2D eigenvalue weighted by atomic mass is 10.1. The van der Waals surface area contributed by atoms with Gasteiger partial charge in [0.05, 0.1) is 12.8 Å². The van der Waals surface area contributed by atoms with Crippen LogP contribution in [0.2, 0.25) is 0 Å². The van der Waals surface area contributed by atoms with Crippen molar-refractivity contribution in [1.29, 1.82) is 0 Å². The van der Waals surface area contributed by atoms with Crippen LogP contribution in [-0.2, 0) is 6.54 Å². The second-order valence-corrected chi connectivity index (χ2v) is 7.11. The van der Waals surface area contributed by atoms with Crippen molar-refractivity contribution in [2.24, 2.45) is 0 Å². The second kappa shape index (κ2) is 7.51. The summed E-state index contributed by atoms with van der Waals surface area (Å²) < 4.78 is 13.7. The lowest BCUT2D eigenvalue weighted by Gasteiger charge is -2.02. The fourth-order valence-electron chi connectivity index (χ4n) is 3.29. The third-order valence-corrected chi connectivity index (χ3v) is 4.93. The molecular formula is C21H19N5O4. The molecule has 0 aliphatic heterocycles. The Morgan fingerprint density at radius 3 is 2.70 bits per heavy atom. The summed E-state index contributed by atoms with van der Waals surface area (Å²) in [5.74, 6) is 1.21. The predicted molar refractivity (Wildman–Crippen MR) is 107 cm³/mol. The van der Waals surface area contributed by atoms with Gasteiger partial charge in [0.1, 0.15) is 0 Å². The molecule has 3 aromatic heterocycles. The smallest absolute Gasteiger partial charge is 0.346 e. The molecule has 1 fully saturated rings. The number of hydrogen-bond donors (Lipinski definition) is 1. The zero-order chi connectivity index (χ0) is 20.5. The Kier molecular flexibility index (Phi) is 4.55. The van der Waals surface area contributed by atoms with Gasteiger partial charge in [-0.2, -0.15) is 0 Å². The lowest BCUT2D eigenvalue weighted by molar-refractivity contribution is 0.0943. The van der Waals surface area contributed by atoms with Gasteiger partial charge in [0.2, 0.25) is 5.82 Å². The van der Waals surface area contributed by atoms with Crippen LogP contribution in [0.4, 0.5) is 0 Å². The second-order valence-electron chi connectivity index (χ2n) is 7.11. The van der Waals surface area contributed by atoms with Crippen molar-refractivity contribution in [3.63, 3.8) is 0 Å². The molecule has 5 rings (SSSR count). The van der Waals surface area contributed by atoms with Crippen molar-refractivity contribution in [1.82, 2.24) is 24.8 Å². The lowest BCUT2D eigenvalue weighted by Crippen LogP contribution is -2.32. The number of benzene rings is 1. The molecule has 152 valence electrons. The fourth-order valence-corrected chi connectivity index (χ4v) is 3.29. The maximum Gasteiger partial charge on any atom is 0.346 e. The molecular weight excluding hydrogens is 386 g/mol. The van der Waals surface area contributed by atoms with Crippen LogP contribution in [0.15, 0.2) is 68.5 Å². The third kappa shape index (κ3) is 3.45. The van der Waals surface area contributed by atoms with Gasteiger partial charge in [0.25, 0.3) is 5.91 Å². The van der Waals surface area contributed by atoms with Crippen molar-refractivity contribution in [2.45, 2.75) is 25.4 Å². The Balaban J connectivity index is 1.26. The highest BCUT2D eigenvalue weighted by Crippen LogP contribution is 2.36. The molecule has 0 spiro atoms. The minimum atomic E-state index is -0.373. The van der Waals surface area contributed by atoms with E-state index in [9.17, 15) is 9.59 Å². The summed E-state index contributed by atoms with van der Waals surface area (Å²) in [5.41, 5.74) is 0.818. The molecule has 0 unspecified atom stereocenters. The summed E-state index contributed by atoms with van der Waals surface area (Å²) in [4.78, 5) is 25.1. The number of amides is 1. The number of carbonyl (C=O) groups is 1. The van der Waals surface area contributed by atoms with E-state index in [1.54, 1.807) is 29.0 Å². The first kappa shape index (κ1) is 18.2. The van der Waals surface area contributed by atoms with Crippen molar-refractivity contribution >= 4 is 5.91 Å². The maximum atomic E-state index is 12.8. The average Bonchev–Trinajstić information content (AvgIpc) is 3.18. The van der Waals surface area contributed by atoms with Crippen molar-refractivity contribution in [3.8, 4) is 22.9 Å². The van der Waals surface area contributed by atoms with E-state index < -0.39 is 0 Å². The van der Waals surface area contributed by atoms with Crippen LogP contribution < -0.4 is 11.0 Å². The Labute approximate surface area is 170 Å². The topological polar surface area (TPSA) is 108 Å². The Morgan fingerprint density at radius 2 is 1.97 bits per heavy atom. The molecule has 9 heteroatoms. The van der Waals surface area contributed by atoms with Gasteiger partial charge in [-0.25, -0.2) is 9.48 Å². The van der Waals surface area contributed by atoms with E-state index in [4.69, 9.17) is 8.94 Å². The zero-order valence-electron chi connectivity index (χ0n) is 16.0. The molecule has 1 amide bonds. The van der Waals surface area contributed by atoms with E-state index in [0.717, 1.165) is 18.4 Å². The van der Waals surface area contributed by atoms with Crippen LogP contribution in [-0.4, -0.2) is 32.0 Å². The molecule has 30 heavy (non-hydrogen) atoms. The number of nitrogens with one attached hydrogen (secondary N) is 1. The van der Waals surface area contributed by atoms with Crippen LogP contribution in [0.25, 0.3) is 22.9 Å².